The van der Waals surface area contributed by atoms with Gasteiger partial charge in [0.15, 0.2) is 0 Å². The summed E-state index contributed by atoms with van der Waals surface area (Å²) < 4.78 is 3.30. The van der Waals surface area contributed by atoms with Gasteiger partial charge in [0.05, 0.1) is 22.4 Å². The lowest BCUT2D eigenvalue weighted by Crippen LogP contribution is -2.17. The Morgan fingerprint density at radius 1 is 0.788 bits per heavy atom. The molecule has 0 radical (unpaired) electrons. The molecule has 0 saturated heterocycles. The number of fused-ring (bicyclic) bond motifs is 6. The Hall–Kier alpha value is -4.58. The number of pyridine rings is 2. The van der Waals surface area contributed by atoms with E-state index in [1.54, 1.807) is 14.9 Å². The molecule has 0 aliphatic carbocycles. The molecule has 0 aliphatic heterocycles. The molecule has 0 N–H and O–H groups in total. The lowest BCUT2D eigenvalue weighted by molar-refractivity contribution is 1.13. The smallest absolute Gasteiger partial charge is 0.264 e. The third kappa shape index (κ3) is 2.03. The van der Waals surface area contributed by atoms with E-state index in [2.05, 4.69) is 6.58 Å². The minimum atomic E-state index is -0.165. The number of nitrogens with zero attached hydrogens (tertiary/aromatic N) is 4. The molecule has 0 spiro atoms. The highest BCUT2D eigenvalue weighted by Crippen LogP contribution is 2.36. The van der Waals surface area contributed by atoms with Crippen molar-refractivity contribution < 1.29 is 0 Å². The first kappa shape index (κ1) is 18.0. The van der Waals surface area contributed by atoms with Crippen LogP contribution in [0.3, 0.4) is 0 Å². The third-order valence-electron chi connectivity index (χ3n) is 6.53. The molecule has 6 heteroatoms. The van der Waals surface area contributed by atoms with Crippen molar-refractivity contribution in [1.82, 2.24) is 18.8 Å². The van der Waals surface area contributed by atoms with Gasteiger partial charge in [0.2, 0.25) is 0 Å². The molecule has 33 heavy (non-hydrogen) atoms. The van der Waals surface area contributed by atoms with Gasteiger partial charge < -0.3 is 0 Å². The average molecular weight is 428 g/mol. The van der Waals surface area contributed by atoms with Crippen molar-refractivity contribution in [2.24, 2.45) is 0 Å². The Labute approximate surface area is 186 Å². The zero-order valence-electron chi connectivity index (χ0n) is 17.7. The Morgan fingerprint density at radius 3 is 2.06 bits per heavy atom. The number of allylic oxidation sites excluding steroid dienone is 1. The van der Waals surface area contributed by atoms with E-state index in [0.717, 1.165) is 32.6 Å². The predicted octanol–water partition coefficient (Wildman–Crippen LogP) is 4.87. The molecule has 156 valence electrons. The molecule has 0 saturated carbocycles. The SMILES string of the molecule is C=Cc1nc2c3ccc4c(=O)n5c6ccccc6nc5c5ccc(c(=O)n2c1/C=C\C)c3c45. The van der Waals surface area contributed by atoms with Crippen molar-refractivity contribution in [1.29, 1.82) is 0 Å². The van der Waals surface area contributed by atoms with Crippen LogP contribution in [0.4, 0.5) is 0 Å². The van der Waals surface area contributed by atoms with Gasteiger partial charge in [-0.05, 0) is 55.5 Å². The lowest BCUT2D eigenvalue weighted by atomic mass is 9.96. The summed E-state index contributed by atoms with van der Waals surface area (Å²) in [6.45, 7) is 5.77. The van der Waals surface area contributed by atoms with E-state index in [-0.39, 0.29) is 11.1 Å². The Bertz CT molecular complexity index is 2100. The Morgan fingerprint density at radius 2 is 1.39 bits per heavy atom. The van der Waals surface area contributed by atoms with Crippen LogP contribution >= 0.6 is 0 Å². The zero-order valence-corrected chi connectivity index (χ0v) is 17.7. The first-order valence-electron chi connectivity index (χ1n) is 10.7. The summed E-state index contributed by atoms with van der Waals surface area (Å²) >= 11 is 0. The van der Waals surface area contributed by atoms with E-state index in [9.17, 15) is 9.59 Å². The fourth-order valence-electron chi connectivity index (χ4n) is 5.18. The average Bonchev–Trinajstić information content (AvgIpc) is 3.40. The van der Waals surface area contributed by atoms with E-state index in [1.165, 1.54) is 0 Å². The second-order valence-corrected chi connectivity index (χ2v) is 8.19. The van der Waals surface area contributed by atoms with Gasteiger partial charge in [-0.1, -0.05) is 24.8 Å². The second-order valence-electron chi connectivity index (χ2n) is 8.19. The number of aromatic nitrogens is 4. The number of hydrogen-bond donors (Lipinski definition) is 0. The van der Waals surface area contributed by atoms with Crippen LogP contribution in [0.5, 0.6) is 0 Å². The second kappa shape index (κ2) is 6.01. The molecule has 0 unspecified atom stereocenters. The standard InChI is InChI=1S/C27H16N4O2/c1-3-7-20-18(4-2)28-24-14-10-12-17-23-15(11-13-16(22(14)23)26(32)30(20)24)25-29-19-8-5-6-9-21(19)31(25)27(17)33/h3-13H,2H2,1H3/b7-3-. The van der Waals surface area contributed by atoms with Crippen LogP contribution in [0.15, 0.2) is 70.8 Å². The molecule has 4 heterocycles. The highest BCUT2D eigenvalue weighted by molar-refractivity contribution is 6.27. The third-order valence-corrected chi connectivity index (χ3v) is 6.53. The quantitative estimate of drug-likeness (QED) is 0.369. The first-order chi connectivity index (χ1) is 16.1. The molecule has 3 aromatic carbocycles. The van der Waals surface area contributed by atoms with Gasteiger partial charge in [0.1, 0.15) is 11.3 Å². The summed E-state index contributed by atoms with van der Waals surface area (Å²) in [5, 5.41) is 4.28. The van der Waals surface area contributed by atoms with Gasteiger partial charge >= 0.3 is 0 Å². The molecule has 0 atom stereocenters. The molecule has 4 aromatic heterocycles. The molecule has 0 bridgehead atoms. The Kier molecular flexibility index (Phi) is 3.29. The highest BCUT2D eigenvalue weighted by Gasteiger charge is 2.22. The van der Waals surface area contributed by atoms with Crippen LogP contribution in [-0.4, -0.2) is 18.8 Å². The van der Waals surface area contributed by atoms with Crippen LogP contribution in [0, 0.1) is 0 Å². The van der Waals surface area contributed by atoms with Crippen LogP contribution < -0.4 is 11.1 Å². The maximum absolute atomic E-state index is 13.7. The number of hydrogen-bond acceptors (Lipinski definition) is 4. The van der Waals surface area contributed by atoms with Gasteiger partial charge in [-0.3, -0.25) is 18.4 Å². The highest BCUT2D eigenvalue weighted by atomic mass is 16.1. The maximum atomic E-state index is 13.7. The number of para-hydroxylation sites is 2. The van der Waals surface area contributed by atoms with Crippen LogP contribution in [-0.2, 0) is 0 Å². The van der Waals surface area contributed by atoms with Crippen molar-refractivity contribution in [2.75, 3.05) is 0 Å². The first-order valence-corrected chi connectivity index (χ1v) is 10.7. The normalized spacial score (nSPS) is 12.6. The van der Waals surface area contributed by atoms with Gasteiger partial charge in [0, 0.05) is 32.3 Å². The summed E-state index contributed by atoms with van der Waals surface area (Å²) in [7, 11) is 0. The van der Waals surface area contributed by atoms with Gasteiger partial charge in [-0.2, -0.15) is 0 Å². The van der Waals surface area contributed by atoms with Gasteiger partial charge in [-0.25, -0.2) is 9.97 Å². The summed E-state index contributed by atoms with van der Waals surface area (Å²) in [4.78, 5) is 36.8. The predicted molar refractivity (Wildman–Crippen MR) is 134 cm³/mol. The fourth-order valence-corrected chi connectivity index (χ4v) is 5.18. The molecule has 0 fully saturated rings. The number of imidazole rings is 2. The van der Waals surface area contributed by atoms with E-state index >= 15 is 0 Å². The van der Waals surface area contributed by atoms with Crippen molar-refractivity contribution >= 4 is 66.8 Å². The molecular weight excluding hydrogens is 412 g/mol. The maximum Gasteiger partial charge on any atom is 0.264 e. The van der Waals surface area contributed by atoms with Crippen LogP contribution in [0.1, 0.15) is 18.3 Å². The van der Waals surface area contributed by atoms with Crippen molar-refractivity contribution in [3.63, 3.8) is 0 Å². The molecular formula is C27H16N4O2. The minimum absolute atomic E-state index is 0.141. The minimum Gasteiger partial charge on any atom is -0.268 e. The molecule has 0 aliphatic rings. The monoisotopic (exact) mass is 428 g/mol. The summed E-state index contributed by atoms with van der Waals surface area (Å²) in [5.41, 5.74) is 3.73. The summed E-state index contributed by atoms with van der Waals surface area (Å²) in [6.07, 6.45) is 5.40. The fraction of sp³-hybridized carbons (Fsp3) is 0.0370. The van der Waals surface area contributed by atoms with E-state index in [4.69, 9.17) is 9.97 Å². The van der Waals surface area contributed by atoms with E-state index < -0.39 is 0 Å². The van der Waals surface area contributed by atoms with Crippen molar-refractivity contribution in [3.05, 3.63) is 93.3 Å². The summed E-state index contributed by atoms with van der Waals surface area (Å²) in [6, 6.07) is 15.1. The molecule has 0 amide bonds. The van der Waals surface area contributed by atoms with Gasteiger partial charge in [-0.15, -0.1) is 0 Å². The van der Waals surface area contributed by atoms with Crippen LogP contribution in [0.25, 0.3) is 66.8 Å². The van der Waals surface area contributed by atoms with Gasteiger partial charge in [0.25, 0.3) is 11.1 Å². The van der Waals surface area contributed by atoms with E-state index in [1.807, 2.05) is 67.6 Å². The molecule has 6 nitrogen and oxygen atoms in total. The van der Waals surface area contributed by atoms with Crippen LogP contribution in [0.2, 0.25) is 0 Å². The largest absolute Gasteiger partial charge is 0.268 e. The Balaban J connectivity index is 1.81. The van der Waals surface area contributed by atoms with E-state index in [0.29, 0.717) is 33.5 Å². The lowest BCUT2D eigenvalue weighted by Gasteiger charge is -2.12. The summed E-state index contributed by atoms with van der Waals surface area (Å²) in [5.74, 6) is 0. The number of benzene rings is 3. The van der Waals surface area contributed by atoms with Crippen molar-refractivity contribution in [2.45, 2.75) is 6.92 Å². The zero-order chi connectivity index (χ0) is 22.4. The topological polar surface area (TPSA) is 68.7 Å². The molecule has 7 aromatic rings. The van der Waals surface area contributed by atoms with Crippen molar-refractivity contribution in [3.8, 4) is 0 Å². The molecule has 7 rings (SSSR count). The number of rotatable bonds is 2.